The van der Waals surface area contributed by atoms with Crippen molar-refractivity contribution in [1.29, 1.82) is 0 Å². The van der Waals surface area contributed by atoms with Gasteiger partial charge in [0.15, 0.2) is 0 Å². The molecule has 0 fully saturated rings. The third-order valence-electron chi connectivity index (χ3n) is 2.22. The van der Waals surface area contributed by atoms with Crippen LogP contribution in [0.15, 0.2) is 18.5 Å². The first-order chi connectivity index (χ1) is 8.19. The zero-order chi connectivity index (χ0) is 12.7. The Labute approximate surface area is 101 Å². The summed E-state index contributed by atoms with van der Waals surface area (Å²) in [5.74, 6) is 5.10. The van der Waals surface area contributed by atoms with Gasteiger partial charge in [-0.15, -0.1) is 0 Å². The number of carbonyl (C=O) groups is 1. The van der Waals surface area contributed by atoms with E-state index in [0.29, 0.717) is 24.4 Å². The number of ether oxygens (including phenoxy) is 1. The van der Waals surface area contributed by atoms with Gasteiger partial charge in [0, 0.05) is 19.3 Å². The Morgan fingerprint density at radius 3 is 3.06 bits per heavy atom. The SMILES string of the molecule is CCOC(C)CNC(=O)c1ccncc1NN. The van der Waals surface area contributed by atoms with Gasteiger partial charge in [-0.1, -0.05) is 0 Å². The van der Waals surface area contributed by atoms with E-state index in [-0.39, 0.29) is 12.0 Å². The van der Waals surface area contributed by atoms with Crippen molar-refractivity contribution in [2.45, 2.75) is 20.0 Å². The zero-order valence-corrected chi connectivity index (χ0v) is 10.1. The predicted molar refractivity (Wildman–Crippen MR) is 65.5 cm³/mol. The zero-order valence-electron chi connectivity index (χ0n) is 10.1. The number of hydrogen-bond acceptors (Lipinski definition) is 5. The van der Waals surface area contributed by atoms with Crippen LogP contribution in [0.5, 0.6) is 0 Å². The molecule has 1 heterocycles. The molecule has 0 aliphatic heterocycles. The normalized spacial score (nSPS) is 11.9. The molecule has 0 aliphatic rings. The van der Waals surface area contributed by atoms with Crippen LogP contribution in [0.4, 0.5) is 5.69 Å². The molecule has 1 aromatic rings. The summed E-state index contributed by atoms with van der Waals surface area (Å²) in [6, 6.07) is 1.61. The third-order valence-corrected chi connectivity index (χ3v) is 2.22. The molecule has 0 bridgehead atoms. The molecule has 1 unspecified atom stereocenters. The standard InChI is InChI=1S/C11H18N4O2/c1-3-17-8(2)6-14-11(16)9-4-5-13-7-10(9)15-12/h4-5,7-8,15H,3,6,12H2,1-2H3,(H,14,16). The molecule has 94 valence electrons. The first kappa shape index (κ1) is 13.4. The molecule has 0 saturated heterocycles. The summed E-state index contributed by atoms with van der Waals surface area (Å²) in [6.07, 6.45) is 3.03. The predicted octanol–water partition coefficient (Wildman–Crippen LogP) is 0.522. The fourth-order valence-electron chi connectivity index (χ4n) is 1.38. The summed E-state index contributed by atoms with van der Waals surface area (Å²) in [6.45, 7) is 4.90. The van der Waals surface area contributed by atoms with Crippen molar-refractivity contribution >= 4 is 11.6 Å². The average molecular weight is 238 g/mol. The summed E-state index contributed by atoms with van der Waals surface area (Å²) in [5.41, 5.74) is 3.39. The highest BCUT2D eigenvalue weighted by molar-refractivity contribution is 5.99. The second-order valence-corrected chi connectivity index (χ2v) is 3.54. The first-order valence-corrected chi connectivity index (χ1v) is 5.49. The quantitative estimate of drug-likeness (QED) is 0.496. The van der Waals surface area contributed by atoms with Crippen molar-refractivity contribution in [2.24, 2.45) is 5.84 Å². The number of aromatic nitrogens is 1. The largest absolute Gasteiger partial charge is 0.377 e. The number of nitrogens with one attached hydrogen (secondary N) is 2. The van der Waals surface area contributed by atoms with E-state index in [9.17, 15) is 4.79 Å². The summed E-state index contributed by atoms with van der Waals surface area (Å²) in [7, 11) is 0. The second-order valence-electron chi connectivity index (χ2n) is 3.54. The molecule has 6 heteroatoms. The van der Waals surface area contributed by atoms with Crippen molar-refractivity contribution in [1.82, 2.24) is 10.3 Å². The maximum absolute atomic E-state index is 11.8. The molecule has 1 aromatic heterocycles. The van der Waals surface area contributed by atoms with E-state index >= 15 is 0 Å². The number of amides is 1. The minimum atomic E-state index is -0.202. The Balaban J connectivity index is 2.58. The number of carbonyl (C=O) groups excluding carboxylic acids is 1. The monoisotopic (exact) mass is 238 g/mol. The fraction of sp³-hybridized carbons (Fsp3) is 0.455. The van der Waals surface area contributed by atoms with Crippen molar-refractivity contribution in [3.63, 3.8) is 0 Å². The van der Waals surface area contributed by atoms with Crippen LogP contribution in [0.25, 0.3) is 0 Å². The molecule has 0 radical (unpaired) electrons. The fourth-order valence-corrected chi connectivity index (χ4v) is 1.38. The Bertz CT molecular complexity index is 370. The van der Waals surface area contributed by atoms with Gasteiger partial charge in [-0.25, -0.2) is 0 Å². The van der Waals surface area contributed by atoms with Gasteiger partial charge in [0.1, 0.15) is 0 Å². The molecule has 0 aromatic carbocycles. The molecule has 1 rings (SSSR count). The van der Waals surface area contributed by atoms with Crippen molar-refractivity contribution in [2.75, 3.05) is 18.6 Å². The lowest BCUT2D eigenvalue weighted by Gasteiger charge is -2.13. The number of nitrogens with zero attached hydrogens (tertiary/aromatic N) is 1. The Morgan fingerprint density at radius 1 is 1.65 bits per heavy atom. The first-order valence-electron chi connectivity index (χ1n) is 5.49. The van der Waals surface area contributed by atoms with Gasteiger partial charge in [0.25, 0.3) is 5.91 Å². The lowest BCUT2D eigenvalue weighted by atomic mass is 10.2. The average Bonchev–Trinajstić information content (AvgIpc) is 2.36. The highest BCUT2D eigenvalue weighted by atomic mass is 16.5. The Morgan fingerprint density at radius 2 is 2.41 bits per heavy atom. The maximum Gasteiger partial charge on any atom is 0.253 e. The van der Waals surface area contributed by atoms with Crippen LogP contribution in [0, 0.1) is 0 Å². The van der Waals surface area contributed by atoms with Gasteiger partial charge in [0.2, 0.25) is 0 Å². The summed E-state index contributed by atoms with van der Waals surface area (Å²) in [4.78, 5) is 15.7. The van der Waals surface area contributed by atoms with Crippen LogP contribution < -0.4 is 16.6 Å². The van der Waals surface area contributed by atoms with Gasteiger partial charge in [0.05, 0.1) is 23.6 Å². The van der Waals surface area contributed by atoms with Gasteiger partial charge in [-0.2, -0.15) is 0 Å². The van der Waals surface area contributed by atoms with Gasteiger partial charge >= 0.3 is 0 Å². The Kier molecular flexibility index (Phi) is 5.38. The smallest absolute Gasteiger partial charge is 0.253 e. The van der Waals surface area contributed by atoms with E-state index < -0.39 is 0 Å². The summed E-state index contributed by atoms with van der Waals surface area (Å²) >= 11 is 0. The van der Waals surface area contributed by atoms with Crippen LogP contribution in [-0.4, -0.2) is 30.1 Å². The number of nitrogen functional groups attached to an aromatic ring is 1. The minimum Gasteiger partial charge on any atom is -0.377 e. The van der Waals surface area contributed by atoms with Crippen LogP contribution in [0.3, 0.4) is 0 Å². The van der Waals surface area contributed by atoms with Crippen molar-refractivity contribution in [3.8, 4) is 0 Å². The van der Waals surface area contributed by atoms with Crippen LogP contribution in [-0.2, 0) is 4.74 Å². The number of nitrogens with two attached hydrogens (primary N) is 1. The van der Waals surface area contributed by atoms with Crippen molar-refractivity contribution < 1.29 is 9.53 Å². The number of hydrazine groups is 1. The van der Waals surface area contributed by atoms with E-state index in [2.05, 4.69) is 15.7 Å². The molecule has 6 nitrogen and oxygen atoms in total. The highest BCUT2D eigenvalue weighted by Gasteiger charge is 2.11. The van der Waals surface area contributed by atoms with Crippen LogP contribution in [0.1, 0.15) is 24.2 Å². The molecule has 1 atom stereocenters. The number of pyridine rings is 1. The summed E-state index contributed by atoms with van der Waals surface area (Å²) < 4.78 is 5.32. The topological polar surface area (TPSA) is 89.3 Å². The van der Waals surface area contributed by atoms with E-state index in [1.54, 1.807) is 12.3 Å². The molecule has 1 amide bonds. The van der Waals surface area contributed by atoms with Crippen LogP contribution in [0.2, 0.25) is 0 Å². The third kappa shape index (κ3) is 4.01. The molecule has 0 saturated carbocycles. The van der Waals surface area contributed by atoms with E-state index in [0.717, 1.165) is 0 Å². The highest BCUT2D eigenvalue weighted by Crippen LogP contribution is 2.11. The number of anilines is 1. The molecule has 0 aliphatic carbocycles. The molecule has 17 heavy (non-hydrogen) atoms. The summed E-state index contributed by atoms with van der Waals surface area (Å²) in [5, 5.41) is 2.77. The molecular formula is C11H18N4O2. The molecule has 4 N–H and O–H groups in total. The van der Waals surface area contributed by atoms with Gasteiger partial charge < -0.3 is 15.5 Å². The van der Waals surface area contributed by atoms with E-state index in [4.69, 9.17) is 10.6 Å². The Hall–Kier alpha value is -1.66. The van der Waals surface area contributed by atoms with Gasteiger partial charge in [-0.05, 0) is 19.9 Å². The second kappa shape index (κ2) is 6.82. The lowest BCUT2D eigenvalue weighted by Crippen LogP contribution is -2.32. The van der Waals surface area contributed by atoms with E-state index in [1.165, 1.54) is 6.20 Å². The molecular weight excluding hydrogens is 220 g/mol. The lowest BCUT2D eigenvalue weighted by molar-refractivity contribution is 0.0695. The van der Waals surface area contributed by atoms with Crippen LogP contribution >= 0.6 is 0 Å². The minimum absolute atomic E-state index is 0.0138. The number of rotatable bonds is 6. The van der Waals surface area contributed by atoms with E-state index in [1.807, 2.05) is 13.8 Å². The number of hydrogen-bond donors (Lipinski definition) is 3. The van der Waals surface area contributed by atoms with Gasteiger partial charge in [-0.3, -0.25) is 15.6 Å². The van der Waals surface area contributed by atoms with Crippen molar-refractivity contribution in [3.05, 3.63) is 24.0 Å². The maximum atomic E-state index is 11.8. The molecule has 0 spiro atoms.